The molecule has 2 heteroatoms. The van der Waals surface area contributed by atoms with Crippen LogP contribution in [0.25, 0.3) is 16.7 Å². The van der Waals surface area contributed by atoms with E-state index in [0.29, 0.717) is 0 Å². The highest BCUT2D eigenvalue weighted by Crippen LogP contribution is 2.39. The molecule has 100 valence electrons. The molecule has 1 aliphatic carbocycles. The van der Waals surface area contributed by atoms with E-state index in [1.807, 2.05) is 0 Å². The van der Waals surface area contributed by atoms with Crippen molar-refractivity contribution in [3.8, 4) is 11.1 Å². The second-order valence-electron chi connectivity index (χ2n) is 4.90. The number of hydrogen-bond acceptors (Lipinski definition) is 0. The van der Waals surface area contributed by atoms with Crippen LogP contribution in [-0.2, 0) is 0 Å². The molecule has 0 N–H and O–H groups in total. The topological polar surface area (TPSA) is 0 Å². The number of benzene rings is 2. The largest absolute Gasteiger partial charge is 0.0950 e. The van der Waals surface area contributed by atoms with Gasteiger partial charge in [-0.3, -0.25) is 0 Å². The summed E-state index contributed by atoms with van der Waals surface area (Å²) < 4.78 is 0.239. The molecule has 0 amide bonds. The van der Waals surface area contributed by atoms with Crippen LogP contribution in [0.15, 0.2) is 72.8 Å². The van der Waals surface area contributed by atoms with Crippen molar-refractivity contribution in [1.82, 2.24) is 0 Å². The van der Waals surface area contributed by atoms with E-state index < -0.39 is 0 Å². The Morgan fingerprint density at radius 2 is 1.35 bits per heavy atom. The smallest absolute Gasteiger partial charge is 0.0742 e. The molecule has 3 rings (SSSR count). The van der Waals surface area contributed by atoms with Gasteiger partial charge in [-0.15, -0.1) is 0 Å². The molecule has 0 unspecified atom stereocenters. The van der Waals surface area contributed by atoms with Crippen molar-refractivity contribution in [2.24, 2.45) is 0 Å². The van der Waals surface area contributed by atoms with Crippen LogP contribution in [0.3, 0.4) is 0 Å². The van der Waals surface area contributed by atoms with Gasteiger partial charge in [0.05, 0.1) is 1.43 Å². The summed E-state index contributed by atoms with van der Waals surface area (Å²) in [7, 11) is 0. The molecule has 0 saturated heterocycles. The fourth-order valence-corrected chi connectivity index (χ4v) is 3.09. The summed E-state index contributed by atoms with van der Waals surface area (Å²) in [6.45, 7) is 0. The maximum Gasteiger partial charge on any atom is 0.0950 e. The van der Waals surface area contributed by atoms with Gasteiger partial charge in [-0.25, -0.2) is 0 Å². The summed E-state index contributed by atoms with van der Waals surface area (Å²) in [6, 6.07) is 19.3. The fourth-order valence-electron chi connectivity index (χ4n) is 2.29. The van der Waals surface area contributed by atoms with Crippen LogP contribution >= 0.6 is 45.2 Å². The highest BCUT2D eigenvalue weighted by atomic mass is 127. The van der Waals surface area contributed by atoms with Gasteiger partial charge < -0.3 is 0 Å². The lowest BCUT2D eigenvalue weighted by atomic mass is 9.97. The summed E-state index contributed by atoms with van der Waals surface area (Å²) in [4.78, 5) is 0. The van der Waals surface area contributed by atoms with Crippen molar-refractivity contribution in [1.29, 1.82) is 0 Å². The Bertz CT molecular complexity index is 650. The van der Waals surface area contributed by atoms with E-state index in [2.05, 4.69) is 118 Å². The third-order valence-electron chi connectivity index (χ3n) is 3.43. The minimum Gasteiger partial charge on any atom is -0.0742 e. The summed E-state index contributed by atoms with van der Waals surface area (Å²) in [6.07, 6.45) is 7.94. The fraction of sp³-hybridized carbons (Fsp3) is 0.111. The first kappa shape index (κ1) is 14.3. The first-order valence-corrected chi connectivity index (χ1v) is 8.73. The molecule has 0 aromatic heterocycles. The third-order valence-corrected chi connectivity index (χ3v) is 5.03. The predicted octanol–water partition coefficient (Wildman–Crippen LogP) is 6.26. The zero-order chi connectivity index (χ0) is 14.0. The molecule has 0 atom stereocenters. The highest BCUT2D eigenvalue weighted by molar-refractivity contribution is 14.2. The van der Waals surface area contributed by atoms with Crippen LogP contribution in [-0.4, -0.2) is 1.43 Å². The minimum atomic E-state index is 0.239. The van der Waals surface area contributed by atoms with Crippen LogP contribution in [0.1, 0.15) is 12.0 Å². The molecule has 0 heterocycles. The van der Waals surface area contributed by atoms with Gasteiger partial charge in [-0.1, -0.05) is 118 Å². The van der Waals surface area contributed by atoms with E-state index in [1.54, 1.807) is 0 Å². The molecule has 0 spiro atoms. The second-order valence-corrected chi connectivity index (χ2v) is 10.8. The average molecular weight is 484 g/mol. The average Bonchev–Trinajstić information content (AvgIpc) is 2.48. The van der Waals surface area contributed by atoms with Crippen LogP contribution in [0, 0.1) is 0 Å². The molecule has 20 heavy (non-hydrogen) atoms. The number of hydrogen-bond donors (Lipinski definition) is 0. The van der Waals surface area contributed by atoms with E-state index in [1.165, 1.54) is 22.3 Å². The molecular weight excluding hydrogens is 470 g/mol. The van der Waals surface area contributed by atoms with Crippen LogP contribution in [0.5, 0.6) is 0 Å². The quantitative estimate of drug-likeness (QED) is 0.349. The van der Waals surface area contributed by atoms with Crippen LogP contribution in [0.2, 0.25) is 0 Å². The molecule has 2 aromatic rings. The van der Waals surface area contributed by atoms with Gasteiger partial charge >= 0.3 is 0 Å². The van der Waals surface area contributed by atoms with Crippen molar-refractivity contribution in [2.45, 2.75) is 7.85 Å². The highest BCUT2D eigenvalue weighted by Gasteiger charge is 2.20. The summed E-state index contributed by atoms with van der Waals surface area (Å²) in [5, 5.41) is 0. The van der Waals surface area contributed by atoms with E-state index in [-0.39, 0.29) is 1.43 Å². The first-order chi connectivity index (χ1) is 9.64. The Kier molecular flexibility index (Phi) is 4.31. The van der Waals surface area contributed by atoms with E-state index >= 15 is 0 Å². The number of rotatable bonds is 2. The van der Waals surface area contributed by atoms with Gasteiger partial charge in [-0.2, -0.15) is 0 Å². The van der Waals surface area contributed by atoms with Crippen molar-refractivity contribution < 1.29 is 0 Å². The van der Waals surface area contributed by atoms with Gasteiger partial charge in [0, 0.05) is 0 Å². The van der Waals surface area contributed by atoms with Crippen molar-refractivity contribution in [3.05, 3.63) is 78.4 Å². The van der Waals surface area contributed by atoms with Gasteiger partial charge in [-0.05, 0) is 28.7 Å². The number of allylic oxidation sites excluding steroid dienone is 4. The van der Waals surface area contributed by atoms with Crippen molar-refractivity contribution in [2.75, 3.05) is 0 Å². The maximum atomic E-state index is 2.49. The Hall–Kier alpha value is -0.620. The molecule has 2 aromatic carbocycles. The Balaban J connectivity index is 1.85. The summed E-state index contributed by atoms with van der Waals surface area (Å²) >= 11 is 4.98. The number of alkyl halides is 2. The Morgan fingerprint density at radius 3 is 1.95 bits per heavy atom. The SMILES string of the molecule is IC1(I)C=CC(c2ccc(-c3ccccc3)cc2)=CC1. The lowest BCUT2D eigenvalue weighted by Gasteiger charge is -2.19. The molecular formula is C18H14I2. The standard InChI is InChI=1S/C18H14I2/c19-18(20)12-10-17(11-13-18)16-8-6-15(7-9-16)14-4-2-1-3-5-14/h1-12H,13H2. The molecule has 1 aliphatic rings. The Labute approximate surface area is 147 Å². The van der Waals surface area contributed by atoms with Crippen molar-refractivity contribution in [3.63, 3.8) is 0 Å². The molecule has 0 saturated carbocycles. The predicted molar refractivity (Wildman–Crippen MR) is 104 cm³/mol. The lowest BCUT2D eigenvalue weighted by molar-refractivity contribution is 1.07. The molecule has 0 aliphatic heterocycles. The van der Waals surface area contributed by atoms with Gasteiger partial charge in [0.15, 0.2) is 0 Å². The zero-order valence-corrected chi connectivity index (χ0v) is 15.2. The van der Waals surface area contributed by atoms with E-state index in [4.69, 9.17) is 0 Å². The third kappa shape index (κ3) is 3.34. The summed E-state index contributed by atoms with van der Waals surface area (Å²) in [5.41, 5.74) is 5.16. The lowest BCUT2D eigenvalue weighted by Crippen LogP contribution is -2.07. The number of halogens is 2. The van der Waals surface area contributed by atoms with Gasteiger partial charge in [0.25, 0.3) is 0 Å². The molecule has 0 fully saturated rings. The molecule has 0 nitrogen and oxygen atoms in total. The van der Waals surface area contributed by atoms with Crippen molar-refractivity contribution >= 4 is 50.8 Å². The zero-order valence-electron chi connectivity index (χ0n) is 10.9. The van der Waals surface area contributed by atoms with Gasteiger partial charge in [0.1, 0.15) is 0 Å². The summed E-state index contributed by atoms with van der Waals surface area (Å²) in [5.74, 6) is 0. The van der Waals surface area contributed by atoms with E-state index in [9.17, 15) is 0 Å². The van der Waals surface area contributed by atoms with Crippen LogP contribution < -0.4 is 0 Å². The monoisotopic (exact) mass is 484 g/mol. The Morgan fingerprint density at radius 1 is 0.750 bits per heavy atom. The molecule has 0 bridgehead atoms. The van der Waals surface area contributed by atoms with Crippen LogP contribution in [0.4, 0.5) is 0 Å². The minimum absolute atomic E-state index is 0.239. The van der Waals surface area contributed by atoms with E-state index in [0.717, 1.165) is 6.42 Å². The maximum absolute atomic E-state index is 2.49. The molecule has 0 radical (unpaired) electrons. The van der Waals surface area contributed by atoms with Gasteiger partial charge in [0.2, 0.25) is 0 Å². The normalized spacial score (nSPS) is 16.8. The first-order valence-electron chi connectivity index (χ1n) is 6.57. The second kappa shape index (κ2) is 6.02.